The van der Waals surface area contributed by atoms with Crippen LogP contribution in [-0.2, 0) is 16.4 Å². The Bertz CT molecular complexity index is 881. The Kier molecular flexibility index (Phi) is 7.95. The van der Waals surface area contributed by atoms with Crippen LogP contribution in [0.25, 0.3) is 0 Å². The number of halogens is 1. The monoisotopic (exact) mass is 436 g/mol. The summed E-state index contributed by atoms with van der Waals surface area (Å²) in [7, 11) is -1.94. The second-order valence-electron chi connectivity index (χ2n) is 7.32. The van der Waals surface area contributed by atoms with E-state index < -0.39 is 10.0 Å². The zero-order chi connectivity index (χ0) is 20.7. The van der Waals surface area contributed by atoms with Crippen molar-refractivity contribution in [2.45, 2.75) is 36.6 Å². The summed E-state index contributed by atoms with van der Waals surface area (Å²) in [5.74, 6) is 1.38. The third-order valence-electron chi connectivity index (χ3n) is 5.36. The number of alkyl halides is 1. The second kappa shape index (κ2) is 10.4. The Hall–Kier alpha value is -1.60. The smallest absolute Gasteiger partial charge is 0.240 e. The molecule has 1 N–H and O–H groups in total. The highest BCUT2D eigenvalue weighted by Gasteiger charge is 2.26. The zero-order valence-electron chi connectivity index (χ0n) is 16.8. The van der Waals surface area contributed by atoms with Crippen LogP contribution in [0.2, 0.25) is 0 Å². The Morgan fingerprint density at radius 3 is 2.52 bits per heavy atom. The van der Waals surface area contributed by atoms with Gasteiger partial charge in [-0.25, -0.2) is 13.1 Å². The average Bonchev–Trinajstić information content (AvgIpc) is 3.27. The molecule has 2 aromatic rings. The lowest BCUT2D eigenvalue weighted by atomic mass is 10.1. The highest BCUT2D eigenvalue weighted by molar-refractivity contribution is 7.89. The van der Waals surface area contributed by atoms with Gasteiger partial charge in [0.15, 0.2) is 0 Å². The number of nitrogens with one attached hydrogen (secondary N) is 1. The van der Waals surface area contributed by atoms with Gasteiger partial charge in [0.05, 0.1) is 12.0 Å². The predicted molar refractivity (Wildman–Crippen MR) is 117 cm³/mol. The van der Waals surface area contributed by atoms with Gasteiger partial charge in [0.25, 0.3) is 0 Å². The van der Waals surface area contributed by atoms with Crippen molar-refractivity contribution in [1.82, 2.24) is 9.62 Å². The number of sulfonamides is 1. The number of methoxy groups -OCH3 is 1. The minimum atomic E-state index is -3.58. The molecule has 0 aliphatic carbocycles. The van der Waals surface area contributed by atoms with Gasteiger partial charge in [-0.2, -0.15) is 0 Å². The van der Waals surface area contributed by atoms with Crippen molar-refractivity contribution in [3.8, 4) is 5.75 Å². The lowest BCUT2D eigenvalue weighted by molar-refractivity contribution is 0.246. The maximum atomic E-state index is 12.9. The molecule has 0 aromatic heterocycles. The third-order valence-corrected chi connectivity index (χ3v) is 7.07. The van der Waals surface area contributed by atoms with Crippen LogP contribution in [0.5, 0.6) is 5.75 Å². The number of hydrogen-bond donors (Lipinski definition) is 1. The molecule has 7 heteroatoms. The molecule has 0 radical (unpaired) electrons. The summed E-state index contributed by atoms with van der Waals surface area (Å²) >= 11 is 5.73. The molecule has 5 nitrogen and oxygen atoms in total. The van der Waals surface area contributed by atoms with Gasteiger partial charge in [-0.3, -0.25) is 4.90 Å². The highest BCUT2D eigenvalue weighted by Crippen LogP contribution is 2.27. The van der Waals surface area contributed by atoms with Crippen LogP contribution in [0.1, 0.15) is 36.4 Å². The van der Waals surface area contributed by atoms with Gasteiger partial charge < -0.3 is 4.74 Å². The number of rotatable bonds is 10. The number of benzene rings is 2. The van der Waals surface area contributed by atoms with Crippen LogP contribution < -0.4 is 9.46 Å². The third kappa shape index (κ3) is 5.95. The van der Waals surface area contributed by atoms with Gasteiger partial charge in [-0.05, 0) is 74.2 Å². The van der Waals surface area contributed by atoms with Crippen LogP contribution in [0.4, 0.5) is 0 Å². The van der Waals surface area contributed by atoms with E-state index >= 15 is 0 Å². The minimum absolute atomic E-state index is 0.0228. The number of nitrogens with zero attached hydrogens (tertiary/aromatic N) is 1. The molecule has 1 aliphatic heterocycles. The highest BCUT2D eigenvalue weighted by atomic mass is 35.5. The van der Waals surface area contributed by atoms with Gasteiger partial charge >= 0.3 is 0 Å². The van der Waals surface area contributed by atoms with E-state index in [-0.39, 0.29) is 10.9 Å². The Balaban J connectivity index is 1.73. The molecule has 0 spiro atoms. The van der Waals surface area contributed by atoms with Gasteiger partial charge in [0.2, 0.25) is 10.0 Å². The Labute approximate surface area is 179 Å². The van der Waals surface area contributed by atoms with Crippen LogP contribution in [0, 0.1) is 0 Å². The first-order chi connectivity index (χ1) is 14.0. The van der Waals surface area contributed by atoms with Crippen molar-refractivity contribution >= 4 is 21.6 Å². The molecule has 1 atom stereocenters. The standard InChI is InChI=1S/C22H29ClN2O3S/c1-28-20-8-4-7-19(16-20)22(25-14-2-3-15-25)17-24-29(26,27)21-11-9-18(10-12-21)6-5-13-23/h4,7-12,16,22,24H,2-3,5-6,13-15,17H2,1H3. The molecule has 1 aliphatic rings. The van der Waals surface area contributed by atoms with Crippen molar-refractivity contribution in [2.75, 3.05) is 32.6 Å². The fourth-order valence-electron chi connectivity index (χ4n) is 3.74. The van der Waals surface area contributed by atoms with Gasteiger partial charge in [0.1, 0.15) is 5.75 Å². The number of aryl methyl sites for hydroxylation is 1. The van der Waals surface area contributed by atoms with E-state index in [1.54, 1.807) is 19.2 Å². The maximum Gasteiger partial charge on any atom is 0.240 e. The predicted octanol–water partition coefficient (Wildman–Crippen LogP) is 3.98. The van der Waals surface area contributed by atoms with Crippen molar-refractivity contribution in [2.24, 2.45) is 0 Å². The summed E-state index contributed by atoms with van der Waals surface area (Å²) in [6, 6.07) is 14.9. The topological polar surface area (TPSA) is 58.6 Å². The second-order valence-corrected chi connectivity index (χ2v) is 9.47. The van der Waals surface area contributed by atoms with Gasteiger partial charge in [-0.15, -0.1) is 11.6 Å². The summed E-state index contributed by atoms with van der Waals surface area (Å²) in [6.07, 6.45) is 4.00. The average molecular weight is 437 g/mol. The van der Waals surface area contributed by atoms with E-state index in [1.807, 2.05) is 36.4 Å². The number of ether oxygens (including phenoxy) is 1. The molecule has 158 valence electrons. The SMILES string of the molecule is COc1cccc(C(CNS(=O)(=O)c2ccc(CCCCl)cc2)N2CCCC2)c1. The quantitative estimate of drug-likeness (QED) is 0.572. The van der Waals surface area contributed by atoms with Crippen LogP contribution in [-0.4, -0.2) is 45.9 Å². The summed E-state index contributed by atoms with van der Waals surface area (Å²) in [5.41, 5.74) is 2.15. The van der Waals surface area contributed by atoms with E-state index in [4.69, 9.17) is 16.3 Å². The number of hydrogen-bond acceptors (Lipinski definition) is 4. The molecular formula is C22H29ClN2O3S. The molecular weight excluding hydrogens is 408 g/mol. The first-order valence-corrected chi connectivity index (χ1v) is 12.1. The van der Waals surface area contributed by atoms with Gasteiger partial charge in [0, 0.05) is 18.5 Å². The molecule has 1 unspecified atom stereocenters. The molecule has 3 rings (SSSR count). The van der Waals surface area contributed by atoms with Crippen LogP contribution >= 0.6 is 11.6 Å². The normalized spacial score (nSPS) is 16.1. The Morgan fingerprint density at radius 1 is 1.14 bits per heavy atom. The van der Waals surface area contributed by atoms with Crippen molar-refractivity contribution < 1.29 is 13.2 Å². The van der Waals surface area contributed by atoms with Gasteiger partial charge in [-0.1, -0.05) is 24.3 Å². The largest absolute Gasteiger partial charge is 0.497 e. The molecule has 0 amide bonds. The van der Waals surface area contributed by atoms with Crippen LogP contribution in [0.3, 0.4) is 0 Å². The molecule has 0 bridgehead atoms. The summed E-state index contributed by atoms with van der Waals surface area (Å²) in [4.78, 5) is 2.63. The van der Waals surface area contributed by atoms with E-state index in [9.17, 15) is 8.42 Å². The van der Waals surface area contributed by atoms with E-state index in [1.165, 1.54) is 0 Å². The van der Waals surface area contributed by atoms with Crippen molar-refractivity contribution in [3.63, 3.8) is 0 Å². The lowest BCUT2D eigenvalue weighted by Gasteiger charge is -2.28. The maximum absolute atomic E-state index is 12.9. The van der Waals surface area contributed by atoms with E-state index in [2.05, 4.69) is 9.62 Å². The lowest BCUT2D eigenvalue weighted by Crippen LogP contribution is -2.36. The van der Waals surface area contributed by atoms with Crippen LogP contribution in [0.15, 0.2) is 53.4 Å². The molecule has 1 saturated heterocycles. The summed E-state index contributed by atoms with van der Waals surface area (Å²) < 4.78 is 33.9. The van der Waals surface area contributed by atoms with E-state index in [0.29, 0.717) is 12.4 Å². The molecule has 1 fully saturated rings. The first kappa shape index (κ1) is 22.1. The molecule has 0 saturated carbocycles. The molecule has 29 heavy (non-hydrogen) atoms. The summed E-state index contributed by atoms with van der Waals surface area (Å²) in [5, 5.41) is 0. The summed E-state index contributed by atoms with van der Waals surface area (Å²) in [6.45, 7) is 2.27. The molecule has 2 aromatic carbocycles. The fraction of sp³-hybridized carbons (Fsp3) is 0.455. The number of likely N-dealkylation sites (tertiary alicyclic amines) is 1. The molecule has 1 heterocycles. The fourth-order valence-corrected chi connectivity index (χ4v) is 4.91. The first-order valence-electron chi connectivity index (χ1n) is 10.1. The van der Waals surface area contributed by atoms with E-state index in [0.717, 1.165) is 55.6 Å². The Morgan fingerprint density at radius 2 is 1.86 bits per heavy atom. The van der Waals surface area contributed by atoms with Crippen molar-refractivity contribution in [3.05, 3.63) is 59.7 Å². The zero-order valence-corrected chi connectivity index (χ0v) is 18.4. The minimum Gasteiger partial charge on any atom is -0.497 e. The van der Waals surface area contributed by atoms with Crippen molar-refractivity contribution in [1.29, 1.82) is 0 Å².